The molecule has 0 saturated carbocycles. The molecule has 0 aromatic carbocycles. The van der Waals surface area contributed by atoms with Crippen molar-refractivity contribution in [2.45, 2.75) is 39.3 Å². The Kier molecular flexibility index (Phi) is 2.96. The minimum absolute atomic E-state index is 1.00. The lowest BCUT2D eigenvalue weighted by Gasteiger charge is -2.16. The summed E-state index contributed by atoms with van der Waals surface area (Å²) in [4.78, 5) is 3.54. The molecule has 74 valence electrons. The highest BCUT2D eigenvalue weighted by Crippen LogP contribution is 2.14. The molecular formula is C10H21PSi2. The molecule has 0 bridgehead atoms. The van der Waals surface area contributed by atoms with E-state index in [1.54, 1.807) is 9.84 Å². The van der Waals surface area contributed by atoms with Crippen molar-refractivity contribution >= 4 is 34.2 Å². The maximum absolute atomic E-state index is 2.45. The molecule has 0 aliphatic carbocycles. The molecule has 0 radical (unpaired) electrons. The fourth-order valence-electron chi connectivity index (χ4n) is 1.27. The highest BCUT2D eigenvalue weighted by molar-refractivity contribution is 7.49. The van der Waals surface area contributed by atoms with Crippen molar-refractivity contribution in [3.63, 3.8) is 0 Å². The third-order valence-electron chi connectivity index (χ3n) is 2.30. The van der Waals surface area contributed by atoms with Crippen LogP contribution in [0, 0.1) is 0 Å². The van der Waals surface area contributed by atoms with E-state index in [0.29, 0.717) is 0 Å². The SMILES string of the molecule is C[Si](C)(C)c1ccc([Si](C)(C)C)[pH]1. The summed E-state index contributed by atoms with van der Waals surface area (Å²) in [7, 11) is -0.963. The lowest BCUT2D eigenvalue weighted by atomic mass is 10.7. The third kappa shape index (κ3) is 2.83. The molecule has 0 aliphatic rings. The van der Waals surface area contributed by atoms with Gasteiger partial charge in [0.25, 0.3) is 0 Å². The highest BCUT2D eigenvalue weighted by Gasteiger charge is 2.22. The van der Waals surface area contributed by atoms with Gasteiger partial charge in [0.1, 0.15) is 0 Å². The van der Waals surface area contributed by atoms with Gasteiger partial charge in [-0.05, 0) is 9.84 Å². The summed E-state index contributed by atoms with van der Waals surface area (Å²) in [6.45, 7) is 14.7. The van der Waals surface area contributed by atoms with Crippen LogP contribution in [0.25, 0.3) is 0 Å². The second-order valence-electron chi connectivity index (χ2n) is 5.79. The summed E-state index contributed by atoms with van der Waals surface area (Å²) >= 11 is 0. The smallest absolute Gasteiger partial charge is 0.0823 e. The zero-order valence-corrected chi connectivity index (χ0v) is 12.7. The molecule has 0 N–H and O–H groups in total. The molecule has 0 saturated heterocycles. The van der Waals surface area contributed by atoms with Crippen LogP contribution in [-0.2, 0) is 0 Å². The van der Waals surface area contributed by atoms with Crippen molar-refractivity contribution in [3.05, 3.63) is 12.1 Å². The monoisotopic (exact) mass is 228 g/mol. The van der Waals surface area contributed by atoms with Gasteiger partial charge < -0.3 is 0 Å². The molecule has 0 nitrogen and oxygen atoms in total. The van der Waals surface area contributed by atoms with Crippen LogP contribution in [0.4, 0.5) is 0 Å². The minimum atomic E-state index is -1.00. The van der Waals surface area contributed by atoms with Crippen molar-refractivity contribution < 1.29 is 0 Å². The van der Waals surface area contributed by atoms with E-state index in [2.05, 4.69) is 51.4 Å². The van der Waals surface area contributed by atoms with Crippen LogP contribution >= 0.6 is 8.19 Å². The molecule has 13 heavy (non-hydrogen) atoms. The van der Waals surface area contributed by atoms with E-state index in [4.69, 9.17) is 0 Å². The zero-order chi connectivity index (χ0) is 10.3. The van der Waals surface area contributed by atoms with E-state index in [9.17, 15) is 0 Å². The van der Waals surface area contributed by atoms with Gasteiger partial charge in [-0.3, -0.25) is 0 Å². The van der Waals surface area contributed by atoms with Gasteiger partial charge in [0.2, 0.25) is 0 Å². The van der Waals surface area contributed by atoms with Crippen LogP contribution in [0.2, 0.25) is 39.3 Å². The Bertz CT molecular complexity index is 260. The van der Waals surface area contributed by atoms with Gasteiger partial charge in [-0.25, -0.2) is 0 Å². The van der Waals surface area contributed by atoms with Crippen molar-refractivity contribution in [1.29, 1.82) is 0 Å². The summed E-state index contributed by atoms with van der Waals surface area (Å²) in [6.07, 6.45) is 0. The van der Waals surface area contributed by atoms with Crippen molar-refractivity contribution in [2.75, 3.05) is 0 Å². The molecule has 0 fully saturated rings. The standard InChI is InChI=1S/C10H21PSi2/c1-12(2,3)9-7-8-10(11-9)13(4,5)6/h7-8,11H,1-6H3. The zero-order valence-electron chi connectivity index (χ0n) is 9.65. The van der Waals surface area contributed by atoms with Gasteiger partial charge in [0, 0.05) is 0 Å². The van der Waals surface area contributed by atoms with Crippen LogP contribution in [0.5, 0.6) is 0 Å². The Balaban J connectivity index is 3.01. The third-order valence-corrected chi connectivity index (χ3v) is 12.0. The topological polar surface area (TPSA) is 0 Å². The fourth-order valence-corrected chi connectivity index (χ4v) is 7.24. The van der Waals surface area contributed by atoms with E-state index in [-0.39, 0.29) is 0 Å². The van der Waals surface area contributed by atoms with Gasteiger partial charge in [-0.1, -0.05) is 51.4 Å². The molecule has 0 spiro atoms. The van der Waals surface area contributed by atoms with Crippen LogP contribution in [0.15, 0.2) is 12.1 Å². The summed E-state index contributed by atoms with van der Waals surface area (Å²) in [6, 6.07) is 4.83. The van der Waals surface area contributed by atoms with E-state index < -0.39 is 16.1 Å². The Hall–Kier alpha value is 0.214. The van der Waals surface area contributed by atoms with Gasteiger partial charge in [0.15, 0.2) is 0 Å². The number of rotatable bonds is 2. The predicted molar refractivity (Wildman–Crippen MR) is 71.9 cm³/mol. The first-order chi connectivity index (χ1) is 5.71. The molecule has 1 rings (SSSR count). The number of hydrogen-bond acceptors (Lipinski definition) is 0. The van der Waals surface area contributed by atoms with Gasteiger partial charge in [-0.2, -0.15) is 0 Å². The van der Waals surface area contributed by atoms with E-state index in [1.807, 2.05) is 0 Å². The predicted octanol–water partition coefficient (Wildman–Crippen LogP) is 2.81. The van der Waals surface area contributed by atoms with E-state index in [0.717, 1.165) is 8.19 Å². The normalized spacial score (nSPS) is 13.4. The molecule has 1 aromatic heterocycles. The Morgan fingerprint density at radius 3 is 1.23 bits per heavy atom. The van der Waals surface area contributed by atoms with Crippen LogP contribution in [0.3, 0.4) is 0 Å². The quantitative estimate of drug-likeness (QED) is 0.683. The highest BCUT2D eigenvalue weighted by atomic mass is 31.0. The Morgan fingerprint density at radius 2 is 1.08 bits per heavy atom. The average Bonchev–Trinajstić information content (AvgIpc) is 2.28. The first-order valence-corrected chi connectivity index (χ1v) is 12.9. The lowest BCUT2D eigenvalue weighted by molar-refractivity contribution is 1.77. The summed E-state index contributed by atoms with van der Waals surface area (Å²) < 4.78 is 0. The van der Waals surface area contributed by atoms with Gasteiger partial charge in [-0.15, -0.1) is 8.19 Å². The minimum Gasteiger partial charge on any atom is -0.142 e. The van der Waals surface area contributed by atoms with E-state index in [1.165, 1.54) is 0 Å². The molecule has 0 atom stereocenters. The average molecular weight is 228 g/mol. The van der Waals surface area contributed by atoms with E-state index >= 15 is 0 Å². The lowest BCUT2D eigenvalue weighted by Crippen LogP contribution is -2.37. The molecular weight excluding hydrogens is 207 g/mol. The van der Waals surface area contributed by atoms with Crippen LogP contribution < -0.4 is 9.84 Å². The Morgan fingerprint density at radius 1 is 0.769 bits per heavy atom. The van der Waals surface area contributed by atoms with Crippen LogP contribution in [-0.4, -0.2) is 16.1 Å². The fraction of sp³-hybridized carbons (Fsp3) is 0.600. The molecule has 0 amide bonds. The maximum Gasteiger partial charge on any atom is 0.0823 e. The molecule has 0 unspecified atom stereocenters. The van der Waals surface area contributed by atoms with Crippen molar-refractivity contribution in [2.24, 2.45) is 0 Å². The summed E-state index contributed by atoms with van der Waals surface area (Å²) in [5.41, 5.74) is 0. The maximum atomic E-state index is 2.45. The summed E-state index contributed by atoms with van der Waals surface area (Å²) in [5.74, 6) is 0. The Labute approximate surface area is 85.9 Å². The second kappa shape index (κ2) is 3.41. The first kappa shape index (κ1) is 11.3. The molecule has 3 heteroatoms. The molecule has 1 aromatic rings. The molecule has 0 aliphatic heterocycles. The van der Waals surface area contributed by atoms with Gasteiger partial charge in [0.05, 0.1) is 16.1 Å². The first-order valence-electron chi connectivity index (χ1n) is 4.91. The number of hydrogen-bond donors (Lipinski definition) is 0. The second-order valence-corrected chi connectivity index (χ2v) is 18.2. The van der Waals surface area contributed by atoms with Crippen molar-refractivity contribution in [3.8, 4) is 0 Å². The largest absolute Gasteiger partial charge is 0.142 e. The molecule has 1 heterocycles. The van der Waals surface area contributed by atoms with Crippen molar-refractivity contribution in [1.82, 2.24) is 0 Å². The van der Waals surface area contributed by atoms with Crippen LogP contribution in [0.1, 0.15) is 0 Å². The van der Waals surface area contributed by atoms with Gasteiger partial charge >= 0.3 is 0 Å². The summed E-state index contributed by atoms with van der Waals surface area (Å²) in [5, 5.41) is 0.